The third kappa shape index (κ3) is 1.66. The van der Waals surface area contributed by atoms with Gasteiger partial charge < -0.3 is 9.80 Å². The smallest absolute Gasteiger partial charge is 0.100 e. The molecule has 0 saturated carbocycles. The van der Waals surface area contributed by atoms with E-state index in [1.165, 1.54) is 33.9 Å². The lowest BCUT2D eigenvalue weighted by molar-refractivity contribution is 0.629. The lowest BCUT2D eigenvalue weighted by atomic mass is 9.74. The van der Waals surface area contributed by atoms with Crippen molar-refractivity contribution in [3.8, 4) is 0 Å². The third-order valence-electron chi connectivity index (χ3n) is 5.47. The van der Waals surface area contributed by atoms with Crippen LogP contribution in [0.2, 0.25) is 0 Å². The summed E-state index contributed by atoms with van der Waals surface area (Å²) in [5.41, 5.74) is 8.09. The maximum atomic E-state index is 2.47. The van der Waals surface area contributed by atoms with Crippen molar-refractivity contribution in [1.29, 1.82) is 0 Å². The molecule has 2 heterocycles. The molecule has 2 aliphatic heterocycles. The first-order chi connectivity index (χ1) is 11.7. The summed E-state index contributed by atoms with van der Waals surface area (Å²) in [6.07, 6.45) is 0. The minimum Gasteiger partial charge on any atom is -0.321 e. The number of benzene rings is 3. The van der Waals surface area contributed by atoms with Crippen LogP contribution in [0, 0.1) is 0 Å². The zero-order valence-corrected chi connectivity index (χ0v) is 14.0. The maximum absolute atomic E-state index is 2.47. The highest BCUT2D eigenvalue weighted by molar-refractivity contribution is 5.93. The van der Waals surface area contributed by atoms with Crippen LogP contribution in [0.25, 0.3) is 0 Å². The van der Waals surface area contributed by atoms with Gasteiger partial charge in [0.15, 0.2) is 0 Å². The summed E-state index contributed by atoms with van der Waals surface area (Å²) in [7, 11) is 0. The van der Waals surface area contributed by atoms with Gasteiger partial charge in [-0.15, -0.1) is 0 Å². The molecule has 0 unspecified atom stereocenters. The Kier molecular flexibility index (Phi) is 2.64. The number of hydrogen-bond donors (Lipinski definition) is 0. The van der Waals surface area contributed by atoms with Crippen LogP contribution in [0.1, 0.15) is 25.0 Å². The average molecular weight is 312 g/mol. The van der Waals surface area contributed by atoms with E-state index < -0.39 is 0 Å². The molecular formula is C22H20N2. The molecule has 24 heavy (non-hydrogen) atoms. The highest BCUT2D eigenvalue weighted by Gasteiger charge is 2.41. The Morgan fingerprint density at radius 1 is 0.667 bits per heavy atom. The van der Waals surface area contributed by atoms with E-state index in [2.05, 4.69) is 96.4 Å². The topological polar surface area (TPSA) is 6.48 Å². The van der Waals surface area contributed by atoms with E-state index in [1.54, 1.807) is 0 Å². The van der Waals surface area contributed by atoms with Gasteiger partial charge in [-0.1, -0.05) is 62.4 Å². The number of rotatable bonds is 1. The lowest BCUT2D eigenvalue weighted by Crippen LogP contribution is -2.32. The molecule has 0 aromatic heterocycles. The van der Waals surface area contributed by atoms with Crippen LogP contribution in [-0.2, 0) is 5.41 Å². The van der Waals surface area contributed by atoms with Crippen molar-refractivity contribution in [2.75, 3.05) is 16.5 Å². The van der Waals surface area contributed by atoms with Gasteiger partial charge in [-0.05, 0) is 35.4 Å². The van der Waals surface area contributed by atoms with Crippen LogP contribution in [0.4, 0.5) is 22.7 Å². The van der Waals surface area contributed by atoms with Crippen molar-refractivity contribution in [1.82, 2.24) is 0 Å². The van der Waals surface area contributed by atoms with Crippen LogP contribution in [-0.4, -0.2) is 6.67 Å². The van der Waals surface area contributed by atoms with Crippen molar-refractivity contribution in [2.45, 2.75) is 19.3 Å². The Morgan fingerprint density at radius 2 is 1.33 bits per heavy atom. The summed E-state index contributed by atoms with van der Waals surface area (Å²) in [5.74, 6) is 0. The Hall–Kier alpha value is -2.74. The second-order valence-corrected chi connectivity index (χ2v) is 7.15. The normalized spacial score (nSPS) is 16.8. The monoisotopic (exact) mass is 312 g/mol. The van der Waals surface area contributed by atoms with Crippen LogP contribution in [0.5, 0.6) is 0 Å². The van der Waals surface area contributed by atoms with E-state index in [1.807, 2.05) is 0 Å². The number of fused-ring (bicyclic) bond motifs is 2. The molecule has 0 spiro atoms. The highest BCUT2D eigenvalue weighted by Crippen LogP contribution is 2.55. The third-order valence-corrected chi connectivity index (χ3v) is 5.47. The molecule has 0 aliphatic carbocycles. The molecule has 3 aromatic carbocycles. The summed E-state index contributed by atoms with van der Waals surface area (Å²) >= 11 is 0. The predicted molar refractivity (Wildman–Crippen MR) is 101 cm³/mol. The van der Waals surface area contributed by atoms with Crippen LogP contribution < -0.4 is 9.80 Å². The Morgan fingerprint density at radius 3 is 2.17 bits per heavy atom. The SMILES string of the molecule is CC1(C)c2ccccc2N2CN(c3ccccc3)c3cccc1c32. The van der Waals surface area contributed by atoms with E-state index in [9.17, 15) is 0 Å². The summed E-state index contributed by atoms with van der Waals surface area (Å²) in [6, 6.07) is 26.2. The molecule has 0 radical (unpaired) electrons. The molecule has 0 amide bonds. The lowest BCUT2D eigenvalue weighted by Gasteiger charge is -2.39. The van der Waals surface area contributed by atoms with Crippen LogP contribution in [0.3, 0.4) is 0 Å². The predicted octanol–water partition coefficient (Wildman–Crippen LogP) is 5.57. The molecule has 0 fully saturated rings. The summed E-state index contributed by atoms with van der Waals surface area (Å²) < 4.78 is 0. The largest absolute Gasteiger partial charge is 0.321 e. The minimum absolute atomic E-state index is 0.0190. The molecule has 118 valence electrons. The molecule has 2 nitrogen and oxygen atoms in total. The van der Waals surface area contributed by atoms with Crippen molar-refractivity contribution >= 4 is 22.7 Å². The molecule has 0 bridgehead atoms. The fraction of sp³-hybridized carbons (Fsp3) is 0.182. The van der Waals surface area contributed by atoms with E-state index in [-0.39, 0.29) is 5.41 Å². The molecule has 3 aromatic rings. The maximum Gasteiger partial charge on any atom is 0.100 e. The number of nitrogens with zero attached hydrogens (tertiary/aromatic N) is 2. The number of para-hydroxylation sites is 3. The molecular weight excluding hydrogens is 292 g/mol. The zero-order valence-electron chi connectivity index (χ0n) is 14.0. The number of anilines is 4. The van der Waals surface area contributed by atoms with Gasteiger partial charge in [-0.3, -0.25) is 0 Å². The molecule has 2 heteroatoms. The van der Waals surface area contributed by atoms with Gasteiger partial charge in [0.1, 0.15) is 6.67 Å². The minimum atomic E-state index is 0.0190. The quantitative estimate of drug-likeness (QED) is 0.579. The van der Waals surface area contributed by atoms with Crippen molar-refractivity contribution in [3.63, 3.8) is 0 Å². The summed E-state index contributed by atoms with van der Waals surface area (Å²) in [6.45, 7) is 5.54. The molecule has 0 saturated heterocycles. The van der Waals surface area contributed by atoms with Crippen molar-refractivity contribution in [3.05, 3.63) is 83.9 Å². The summed E-state index contributed by atoms with van der Waals surface area (Å²) in [4.78, 5) is 4.88. The van der Waals surface area contributed by atoms with Crippen LogP contribution >= 0.6 is 0 Å². The first kappa shape index (κ1) is 13.7. The zero-order chi connectivity index (χ0) is 16.3. The van der Waals surface area contributed by atoms with E-state index >= 15 is 0 Å². The van der Waals surface area contributed by atoms with Crippen LogP contribution in [0.15, 0.2) is 72.8 Å². The Bertz CT molecular complexity index is 928. The molecule has 5 rings (SSSR count). The number of hydrogen-bond acceptors (Lipinski definition) is 2. The van der Waals surface area contributed by atoms with Gasteiger partial charge in [0.05, 0.1) is 11.4 Å². The highest BCUT2D eigenvalue weighted by atomic mass is 15.4. The van der Waals surface area contributed by atoms with Gasteiger partial charge in [-0.25, -0.2) is 0 Å². The molecule has 2 aliphatic rings. The first-order valence-corrected chi connectivity index (χ1v) is 8.51. The average Bonchev–Trinajstić information content (AvgIpc) is 3.01. The van der Waals surface area contributed by atoms with Gasteiger partial charge in [0, 0.05) is 16.8 Å². The second-order valence-electron chi connectivity index (χ2n) is 7.15. The van der Waals surface area contributed by atoms with E-state index in [4.69, 9.17) is 0 Å². The Balaban J connectivity index is 1.78. The van der Waals surface area contributed by atoms with Gasteiger partial charge in [0.25, 0.3) is 0 Å². The van der Waals surface area contributed by atoms with Gasteiger partial charge in [-0.2, -0.15) is 0 Å². The van der Waals surface area contributed by atoms with E-state index in [0.717, 1.165) is 6.67 Å². The second kappa shape index (κ2) is 4.64. The fourth-order valence-corrected chi connectivity index (χ4v) is 4.23. The van der Waals surface area contributed by atoms with Gasteiger partial charge in [0.2, 0.25) is 0 Å². The fourth-order valence-electron chi connectivity index (χ4n) is 4.23. The Labute approximate surface area is 143 Å². The van der Waals surface area contributed by atoms with Crippen molar-refractivity contribution in [2.24, 2.45) is 0 Å². The molecule has 0 N–H and O–H groups in total. The first-order valence-electron chi connectivity index (χ1n) is 8.51. The van der Waals surface area contributed by atoms with Gasteiger partial charge >= 0.3 is 0 Å². The van der Waals surface area contributed by atoms with E-state index in [0.29, 0.717) is 0 Å². The molecule has 0 atom stereocenters. The van der Waals surface area contributed by atoms with Crippen molar-refractivity contribution < 1.29 is 0 Å². The standard InChI is InChI=1S/C22H20N2/c1-22(2)17-11-6-7-13-19(17)24-15-23(16-9-4-3-5-10-16)20-14-8-12-18(22)21(20)24/h3-14H,15H2,1-2H3. The summed E-state index contributed by atoms with van der Waals surface area (Å²) in [5, 5.41) is 0.